The van der Waals surface area contributed by atoms with Crippen LogP contribution < -0.4 is 4.90 Å². The number of allylic oxidation sites excluding steroid dienone is 2. The van der Waals surface area contributed by atoms with E-state index in [4.69, 9.17) is 15.0 Å². The number of fused-ring (bicyclic) bond motifs is 9. The summed E-state index contributed by atoms with van der Waals surface area (Å²) in [6.07, 6.45) is 7.82. The van der Waals surface area contributed by atoms with E-state index in [1.807, 2.05) is 60.7 Å². The molecule has 0 spiro atoms. The predicted octanol–water partition coefficient (Wildman–Crippen LogP) is 14.8. The molecule has 11 aromatic rings. The molecule has 5 nitrogen and oxygen atoms in total. The zero-order chi connectivity index (χ0) is 42.1. The summed E-state index contributed by atoms with van der Waals surface area (Å²) in [5.74, 6) is 1.92. The molecule has 2 aromatic heterocycles. The number of para-hydroxylation sites is 2. The Morgan fingerprint density at radius 1 is 0.406 bits per heavy atom. The van der Waals surface area contributed by atoms with Crippen molar-refractivity contribution in [1.29, 1.82) is 0 Å². The molecule has 0 N–H and O–H groups in total. The summed E-state index contributed by atoms with van der Waals surface area (Å²) in [4.78, 5) is 17.6. The fourth-order valence-corrected chi connectivity index (χ4v) is 10.2. The SMILES string of the molecule is C1=CCC2C(=C1)c1cc3c(cc1N2c1ccccc1)cc(-c1ccc2c(c1)c1ccccc1n2-c1cccc(-c2nc(-c4ccccc4)nc(-c4ccccc4)n2)c1)c1ccccc13. The van der Waals surface area contributed by atoms with Crippen molar-refractivity contribution < 1.29 is 0 Å². The van der Waals surface area contributed by atoms with Gasteiger partial charge in [0.15, 0.2) is 17.5 Å². The standard InChI is InChI=1S/C59H39N5/c1-4-17-38(18-5-1)57-60-58(39-19-6-2-7-20-39)62-59(61-57)41-21-16-24-44(33-41)64-54-30-15-12-27-47(54)51-34-40(31-32-55(51)64)49-35-42-36-56-52(37-50(42)46-26-11-10-25-45(46)49)48-28-13-14-29-53(48)63(56)43-22-8-3-9-23-43/h1-28,30-37,53H,29H2. The van der Waals surface area contributed by atoms with Crippen LogP contribution in [0.1, 0.15) is 12.0 Å². The van der Waals surface area contributed by atoms with E-state index >= 15 is 0 Å². The van der Waals surface area contributed by atoms with E-state index in [1.165, 1.54) is 66.0 Å². The van der Waals surface area contributed by atoms with Crippen molar-refractivity contribution in [1.82, 2.24) is 19.5 Å². The minimum atomic E-state index is 0.279. The van der Waals surface area contributed by atoms with Gasteiger partial charge in [-0.2, -0.15) is 0 Å². The van der Waals surface area contributed by atoms with Crippen molar-refractivity contribution in [2.75, 3.05) is 4.90 Å². The summed E-state index contributed by atoms with van der Waals surface area (Å²) in [5, 5.41) is 7.44. The summed E-state index contributed by atoms with van der Waals surface area (Å²) in [5.41, 5.74) is 13.8. The van der Waals surface area contributed by atoms with Gasteiger partial charge in [0.2, 0.25) is 0 Å². The van der Waals surface area contributed by atoms with Crippen LogP contribution in [0.4, 0.5) is 11.4 Å². The summed E-state index contributed by atoms with van der Waals surface area (Å²) in [6, 6.07) is 71.9. The molecule has 5 heteroatoms. The maximum atomic E-state index is 5.06. The maximum absolute atomic E-state index is 5.06. The number of hydrogen-bond acceptors (Lipinski definition) is 4. The van der Waals surface area contributed by atoms with E-state index in [1.54, 1.807) is 0 Å². The molecule has 1 aliphatic carbocycles. The first-order valence-corrected chi connectivity index (χ1v) is 22.0. The summed E-state index contributed by atoms with van der Waals surface area (Å²) in [7, 11) is 0. The molecule has 1 unspecified atom stereocenters. The second-order valence-electron chi connectivity index (χ2n) is 16.7. The highest BCUT2D eigenvalue weighted by Gasteiger charge is 2.35. The Labute approximate surface area is 370 Å². The van der Waals surface area contributed by atoms with E-state index in [-0.39, 0.29) is 6.04 Å². The van der Waals surface area contributed by atoms with Crippen molar-refractivity contribution in [3.8, 4) is 51.0 Å². The van der Waals surface area contributed by atoms with Crippen LogP contribution >= 0.6 is 0 Å². The van der Waals surface area contributed by atoms with E-state index in [0.717, 1.165) is 39.8 Å². The van der Waals surface area contributed by atoms with E-state index in [2.05, 4.69) is 167 Å². The van der Waals surface area contributed by atoms with Crippen LogP contribution in [0.5, 0.6) is 0 Å². The Balaban J connectivity index is 0.964. The monoisotopic (exact) mass is 817 g/mol. The molecule has 1 aliphatic heterocycles. The molecule has 64 heavy (non-hydrogen) atoms. The predicted molar refractivity (Wildman–Crippen MR) is 265 cm³/mol. The molecule has 0 amide bonds. The third kappa shape index (κ3) is 5.82. The van der Waals surface area contributed by atoms with Crippen LogP contribution in [0.15, 0.2) is 218 Å². The van der Waals surface area contributed by atoms with Gasteiger partial charge in [-0.05, 0) is 105 Å². The Hall–Kier alpha value is -8.41. The largest absolute Gasteiger partial charge is 0.333 e. The van der Waals surface area contributed by atoms with Gasteiger partial charge in [-0.3, -0.25) is 0 Å². The average molecular weight is 818 g/mol. The molecular weight excluding hydrogens is 779 g/mol. The first-order valence-electron chi connectivity index (χ1n) is 22.0. The molecule has 300 valence electrons. The van der Waals surface area contributed by atoms with Crippen LogP contribution in [0, 0.1) is 0 Å². The highest BCUT2D eigenvalue weighted by atomic mass is 15.2. The lowest BCUT2D eigenvalue weighted by Gasteiger charge is -2.28. The second-order valence-corrected chi connectivity index (χ2v) is 16.7. The zero-order valence-electron chi connectivity index (χ0n) is 34.8. The highest BCUT2D eigenvalue weighted by molar-refractivity contribution is 6.18. The number of aromatic nitrogens is 4. The topological polar surface area (TPSA) is 46.8 Å². The first-order chi connectivity index (χ1) is 31.7. The van der Waals surface area contributed by atoms with Gasteiger partial charge in [0, 0.05) is 50.1 Å². The van der Waals surface area contributed by atoms with Crippen molar-refractivity contribution in [2.45, 2.75) is 12.5 Å². The number of hydrogen-bond donors (Lipinski definition) is 0. The quantitative estimate of drug-likeness (QED) is 0.157. The lowest BCUT2D eigenvalue weighted by Crippen LogP contribution is -2.26. The van der Waals surface area contributed by atoms with E-state index in [9.17, 15) is 0 Å². The first kappa shape index (κ1) is 36.3. The lowest BCUT2D eigenvalue weighted by atomic mass is 9.90. The molecule has 3 heterocycles. The van der Waals surface area contributed by atoms with Crippen LogP contribution in [0.25, 0.3) is 99.9 Å². The van der Waals surface area contributed by atoms with Gasteiger partial charge in [0.25, 0.3) is 0 Å². The Morgan fingerprint density at radius 2 is 1.02 bits per heavy atom. The molecular formula is C59H39N5. The second kappa shape index (κ2) is 14.6. The van der Waals surface area contributed by atoms with Gasteiger partial charge < -0.3 is 9.47 Å². The minimum absolute atomic E-state index is 0.279. The fraction of sp³-hybridized carbons (Fsp3) is 0.0339. The van der Waals surface area contributed by atoms with Crippen LogP contribution in [0.2, 0.25) is 0 Å². The normalized spacial score (nSPS) is 14.3. The van der Waals surface area contributed by atoms with Crippen molar-refractivity contribution >= 4 is 60.3 Å². The molecule has 2 aliphatic rings. The summed E-state index contributed by atoms with van der Waals surface area (Å²) in [6.45, 7) is 0. The van der Waals surface area contributed by atoms with Crippen molar-refractivity contribution in [3.05, 3.63) is 224 Å². The molecule has 0 bridgehead atoms. The number of anilines is 2. The van der Waals surface area contributed by atoms with Gasteiger partial charge in [-0.1, -0.05) is 158 Å². The van der Waals surface area contributed by atoms with Gasteiger partial charge in [-0.15, -0.1) is 0 Å². The fourth-order valence-electron chi connectivity index (χ4n) is 10.2. The van der Waals surface area contributed by atoms with E-state index < -0.39 is 0 Å². The molecule has 13 rings (SSSR count). The molecule has 0 fully saturated rings. The molecule has 0 saturated heterocycles. The Bertz CT molecular complexity index is 3640. The van der Waals surface area contributed by atoms with Gasteiger partial charge in [-0.25, -0.2) is 15.0 Å². The maximum Gasteiger partial charge on any atom is 0.164 e. The Morgan fingerprint density at radius 3 is 1.77 bits per heavy atom. The van der Waals surface area contributed by atoms with Crippen molar-refractivity contribution in [2.24, 2.45) is 0 Å². The average Bonchev–Trinajstić information content (AvgIpc) is 3.88. The van der Waals surface area contributed by atoms with Gasteiger partial charge >= 0.3 is 0 Å². The van der Waals surface area contributed by atoms with Crippen molar-refractivity contribution in [3.63, 3.8) is 0 Å². The van der Waals surface area contributed by atoms with Crippen LogP contribution in [-0.4, -0.2) is 25.6 Å². The third-order valence-electron chi connectivity index (χ3n) is 13.1. The Kier molecular flexibility index (Phi) is 8.28. The number of benzene rings is 9. The van der Waals surface area contributed by atoms with E-state index in [0.29, 0.717) is 17.5 Å². The smallest absolute Gasteiger partial charge is 0.164 e. The molecule has 0 radical (unpaired) electrons. The third-order valence-corrected chi connectivity index (χ3v) is 13.1. The number of nitrogens with zero attached hydrogens (tertiary/aromatic N) is 5. The number of rotatable bonds is 6. The molecule has 0 saturated carbocycles. The summed E-state index contributed by atoms with van der Waals surface area (Å²) >= 11 is 0. The van der Waals surface area contributed by atoms with Crippen LogP contribution in [-0.2, 0) is 0 Å². The lowest BCUT2D eigenvalue weighted by molar-refractivity contribution is 0.830. The summed E-state index contributed by atoms with van der Waals surface area (Å²) < 4.78 is 2.37. The zero-order valence-corrected chi connectivity index (χ0v) is 34.8. The molecule has 1 atom stereocenters. The van der Waals surface area contributed by atoms with Crippen LogP contribution in [0.3, 0.4) is 0 Å². The van der Waals surface area contributed by atoms with Gasteiger partial charge in [0.05, 0.1) is 17.1 Å². The molecule has 9 aromatic carbocycles. The highest BCUT2D eigenvalue weighted by Crippen LogP contribution is 2.50. The van der Waals surface area contributed by atoms with Gasteiger partial charge in [0.1, 0.15) is 0 Å². The minimum Gasteiger partial charge on any atom is -0.333 e.